The number of rotatable bonds is 7. The summed E-state index contributed by atoms with van der Waals surface area (Å²) in [6, 6.07) is 12.0. The molecule has 8 heteroatoms. The van der Waals surface area contributed by atoms with E-state index in [1.807, 2.05) is 0 Å². The van der Waals surface area contributed by atoms with E-state index < -0.39 is 10.0 Å². The van der Waals surface area contributed by atoms with E-state index in [1.165, 1.54) is 36.0 Å². The molecule has 1 atom stereocenters. The van der Waals surface area contributed by atoms with Crippen molar-refractivity contribution in [2.24, 2.45) is 5.14 Å². The molecule has 3 N–H and O–H groups in total. The number of nitrogens with two attached hydrogens (primary N) is 1. The predicted octanol–water partition coefficient (Wildman–Crippen LogP) is 2.58. The van der Waals surface area contributed by atoms with Crippen LogP contribution in [0.4, 0.5) is 4.39 Å². The second-order valence-electron chi connectivity index (χ2n) is 5.53. The fraction of sp³-hybridized carbons (Fsp3) is 0.235. The smallest absolute Gasteiger partial charge is 0.238 e. The monoisotopic (exact) mass is 382 g/mol. The molecule has 1 amide bonds. The van der Waals surface area contributed by atoms with Crippen molar-refractivity contribution >= 4 is 27.7 Å². The van der Waals surface area contributed by atoms with E-state index >= 15 is 0 Å². The molecule has 5 nitrogen and oxygen atoms in total. The average molecular weight is 382 g/mol. The molecule has 0 aliphatic rings. The van der Waals surface area contributed by atoms with Crippen LogP contribution in [0.25, 0.3) is 0 Å². The summed E-state index contributed by atoms with van der Waals surface area (Å²) in [5, 5.41) is 7.93. The van der Waals surface area contributed by atoms with Gasteiger partial charge in [0.15, 0.2) is 0 Å². The van der Waals surface area contributed by atoms with Crippen molar-refractivity contribution in [1.29, 1.82) is 0 Å². The summed E-state index contributed by atoms with van der Waals surface area (Å²) < 4.78 is 35.6. The van der Waals surface area contributed by atoms with Gasteiger partial charge in [0, 0.05) is 5.75 Å². The van der Waals surface area contributed by atoms with Crippen LogP contribution in [-0.4, -0.2) is 20.1 Å². The summed E-state index contributed by atoms with van der Waals surface area (Å²) in [4.78, 5) is 12.0. The normalized spacial score (nSPS) is 12.6. The van der Waals surface area contributed by atoms with Gasteiger partial charge in [-0.05, 0) is 42.3 Å². The van der Waals surface area contributed by atoms with Crippen molar-refractivity contribution in [1.82, 2.24) is 5.32 Å². The molecule has 0 fully saturated rings. The first-order chi connectivity index (χ1) is 11.8. The van der Waals surface area contributed by atoms with Crippen LogP contribution < -0.4 is 10.5 Å². The number of hydrogen-bond acceptors (Lipinski definition) is 4. The van der Waals surface area contributed by atoms with Gasteiger partial charge in [0.1, 0.15) is 5.82 Å². The second kappa shape index (κ2) is 8.46. The van der Waals surface area contributed by atoms with Crippen LogP contribution in [0.2, 0.25) is 0 Å². The molecular formula is C17H19FN2O3S2. The van der Waals surface area contributed by atoms with E-state index in [0.717, 1.165) is 5.56 Å². The highest BCUT2D eigenvalue weighted by molar-refractivity contribution is 7.99. The molecule has 0 bridgehead atoms. The summed E-state index contributed by atoms with van der Waals surface area (Å²) in [6.45, 7) is 1.77. The number of primary sulfonamides is 1. The summed E-state index contributed by atoms with van der Waals surface area (Å²) in [5.41, 5.74) is 1.59. The molecule has 0 unspecified atom stereocenters. The zero-order valence-corrected chi connectivity index (χ0v) is 15.2. The molecule has 0 aromatic heterocycles. The lowest BCUT2D eigenvalue weighted by Crippen LogP contribution is -2.28. The lowest BCUT2D eigenvalue weighted by molar-refractivity contribution is -0.119. The third kappa shape index (κ3) is 6.15. The first kappa shape index (κ1) is 19.4. The van der Waals surface area contributed by atoms with Gasteiger partial charge < -0.3 is 5.32 Å². The third-order valence-corrected chi connectivity index (χ3v) is 5.39. The highest BCUT2D eigenvalue weighted by Crippen LogP contribution is 2.17. The number of benzene rings is 2. The first-order valence-corrected chi connectivity index (χ1v) is 10.2. The molecule has 0 spiro atoms. The SMILES string of the molecule is C[C@H](NC(=O)CSCc1ccc(F)cc1)c1cccc(S(N)(=O)=O)c1. The Morgan fingerprint density at radius 3 is 2.56 bits per heavy atom. The standard InChI is InChI=1S/C17H19FN2O3S2/c1-12(14-3-2-4-16(9-14)25(19,22)23)20-17(21)11-24-10-13-5-7-15(18)8-6-13/h2-9,12H,10-11H2,1H3,(H,20,21)(H2,19,22,23)/t12-/m0/s1. The van der Waals surface area contributed by atoms with Gasteiger partial charge in [0.05, 0.1) is 16.7 Å². The Morgan fingerprint density at radius 2 is 1.92 bits per heavy atom. The number of halogens is 1. The van der Waals surface area contributed by atoms with Crippen LogP contribution in [0.15, 0.2) is 53.4 Å². The Hall–Kier alpha value is -1.90. The minimum atomic E-state index is -3.78. The maximum atomic E-state index is 12.8. The van der Waals surface area contributed by atoms with Crippen molar-refractivity contribution in [2.75, 3.05) is 5.75 Å². The highest BCUT2D eigenvalue weighted by atomic mass is 32.2. The van der Waals surface area contributed by atoms with E-state index in [-0.39, 0.29) is 28.4 Å². The molecule has 25 heavy (non-hydrogen) atoms. The molecule has 2 rings (SSSR count). The highest BCUT2D eigenvalue weighted by Gasteiger charge is 2.13. The Labute approximate surface area is 150 Å². The zero-order chi connectivity index (χ0) is 18.4. The number of carbonyl (C=O) groups excluding carboxylic acids is 1. The van der Waals surface area contributed by atoms with Gasteiger partial charge in [0.2, 0.25) is 15.9 Å². The van der Waals surface area contributed by atoms with Crippen molar-refractivity contribution in [3.8, 4) is 0 Å². The molecule has 0 radical (unpaired) electrons. The van der Waals surface area contributed by atoms with Gasteiger partial charge in [-0.25, -0.2) is 17.9 Å². The molecule has 0 aliphatic carbocycles. The number of sulfonamides is 1. The summed E-state index contributed by atoms with van der Waals surface area (Å²) in [7, 11) is -3.78. The third-order valence-electron chi connectivity index (χ3n) is 3.48. The van der Waals surface area contributed by atoms with Crippen LogP contribution in [-0.2, 0) is 20.6 Å². The average Bonchev–Trinajstić information content (AvgIpc) is 2.56. The number of thioether (sulfide) groups is 1. The van der Waals surface area contributed by atoms with Crippen LogP contribution in [0, 0.1) is 5.82 Å². The van der Waals surface area contributed by atoms with Crippen molar-refractivity contribution in [3.05, 3.63) is 65.5 Å². The first-order valence-electron chi connectivity index (χ1n) is 7.50. The fourth-order valence-corrected chi connectivity index (χ4v) is 3.54. The minimum Gasteiger partial charge on any atom is -0.349 e. The van der Waals surface area contributed by atoms with Gasteiger partial charge in [-0.15, -0.1) is 11.8 Å². The number of nitrogens with one attached hydrogen (secondary N) is 1. The Morgan fingerprint density at radius 1 is 1.24 bits per heavy atom. The van der Waals surface area contributed by atoms with E-state index in [2.05, 4.69) is 5.32 Å². The van der Waals surface area contributed by atoms with Crippen molar-refractivity contribution in [3.63, 3.8) is 0 Å². The predicted molar refractivity (Wildman–Crippen MR) is 96.9 cm³/mol. The van der Waals surface area contributed by atoms with Crippen LogP contribution in [0.3, 0.4) is 0 Å². The number of carbonyl (C=O) groups is 1. The number of amides is 1. The quantitative estimate of drug-likeness (QED) is 0.770. The van der Waals surface area contributed by atoms with E-state index in [0.29, 0.717) is 11.3 Å². The van der Waals surface area contributed by atoms with Crippen molar-refractivity contribution in [2.45, 2.75) is 23.6 Å². The summed E-state index contributed by atoms with van der Waals surface area (Å²) in [6.07, 6.45) is 0. The molecule has 0 heterocycles. The molecule has 134 valence electrons. The van der Waals surface area contributed by atoms with E-state index in [9.17, 15) is 17.6 Å². The van der Waals surface area contributed by atoms with Gasteiger partial charge >= 0.3 is 0 Å². The van der Waals surface area contributed by atoms with Gasteiger partial charge in [-0.1, -0.05) is 24.3 Å². The summed E-state index contributed by atoms with van der Waals surface area (Å²) in [5.74, 6) is 0.391. The molecular weight excluding hydrogens is 363 g/mol. The molecule has 0 saturated carbocycles. The zero-order valence-electron chi connectivity index (χ0n) is 13.6. The number of hydrogen-bond donors (Lipinski definition) is 2. The van der Waals surface area contributed by atoms with E-state index in [4.69, 9.17) is 5.14 Å². The molecule has 2 aromatic rings. The van der Waals surface area contributed by atoms with Crippen LogP contribution in [0.1, 0.15) is 24.1 Å². The van der Waals surface area contributed by atoms with Crippen LogP contribution in [0.5, 0.6) is 0 Å². The lowest BCUT2D eigenvalue weighted by Gasteiger charge is -2.15. The topological polar surface area (TPSA) is 89.3 Å². The van der Waals surface area contributed by atoms with E-state index in [1.54, 1.807) is 31.2 Å². The largest absolute Gasteiger partial charge is 0.349 e. The fourth-order valence-electron chi connectivity index (χ4n) is 2.17. The van der Waals surface area contributed by atoms with Gasteiger partial charge in [-0.3, -0.25) is 4.79 Å². The van der Waals surface area contributed by atoms with Crippen molar-refractivity contribution < 1.29 is 17.6 Å². The maximum absolute atomic E-state index is 12.8. The maximum Gasteiger partial charge on any atom is 0.238 e. The lowest BCUT2D eigenvalue weighted by atomic mass is 10.1. The van der Waals surface area contributed by atoms with Gasteiger partial charge in [-0.2, -0.15) is 0 Å². The Bertz CT molecular complexity index is 839. The Balaban J connectivity index is 1.86. The molecule has 0 saturated heterocycles. The summed E-state index contributed by atoms with van der Waals surface area (Å²) >= 11 is 1.41. The van der Waals surface area contributed by atoms with Gasteiger partial charge in [0.25, 0.3) is 0 Å². The van der Waals surface area contributed by atoms with Crippen LogP contribution >= 0.6 is 11.8 Å². The second-order valence-corrected chi connectivity index (χ2v) is 8.07. The molecule has 0 aliphatic heterocycles. The Kier molecular flexibility index (Phi) is 6.57. The molecule has 2 aromatic carbocycles. The minimum absolute atomic E-state index is 0.0109.